The summed E-state index contributed by atoms with van der Waals surface area (Å²) < 4.78 is 11.6. The van der Waals surface area contributed by atoms with E-state index in [0.717, 1.165) is 22.9 Å². The summed E-state index contributed by atoms with van der Waals surface area (Å²) >= 11 is 1.43. The molecule has 2 aromatic rings. The Hall–Kier alpha value is -1.88. The summed E-state index contributed by atoms with van der Waals surface area (Å²) in [6.07, 6.45) is 1.94. The largest absolute Gasteiger partial charge is 0.493 e. The molecular formula is C18H22O4S. The smallest absolute Gasteiger partial charge is 0.173 e. The number of rotatable bonds is 8. The van der Waals surface area contributed by atoms with E-state index in [0.29, 0.717) is 16.4 Å². The maximum Gasteiger partial charge on any atom is 0.173 e. The van der Waals surface area contributed by atoms with Crippen LogP contribution >= 0.6 is 11.3 Å². The SMILES string of the molecule is CCCC(CC(=O)c1cc2cc(OC)c(OC)cc2s1)C(C)=O. The highest BCUT2D eigenvalue weighted by Gasteiger charge is 2.20. The van der Waals surface area contributed by atoms with E-state index in [1.807, 2.05) is 25.1 Å². The molecule has 23 heavy (non-hydrogen) atoms. The van der Waals surface area contributed by atoms with Crippen molar-refractivity contribution in [3.05, 3.63) is 23.1 Å². The number of ether oxygens (including phenoxy) is 2. The highest BCUT2D eigenvalue weighted by Crippen LogP contribution is 2.37. The van der Waals surface area contributed by atoms with E-state index in [1.54, 1.807) is 21.1 Å². The van der Waals surface area contributed by atoms with Crippen molar-refractivity contribution >= 4 is 33.0 Å². The minimum absolute atomic E-state index is 0.0257. The second-order valence-electron chi connectivity index (χ2n) is 5.58. The van der Waals surface area contributed by atoms with Crippen LogP contribution in [0.25, 0.3) is 10.1 Å². The molecule has 4 nitrogen and oxygen atoms in total. The second-order valence-corrected chi connectivity index (χ2v) is 6.66. The Morgan fingerprint density at radius 3 is 2.35 bits per heavy atom. The van der Waals surface area contributed by atoms with Crippen molar-refractivity contribution in [1.29, 1.82) is 0 Å². The number of Topliss-reactive ketones (excluding diaryl/α,β-unsaturated/α-hetero) is 2. The third kappa shape index (κ3) is 3.91. The summed E-state index contributed by atoms with van der Waals surface area (Å²) in [6, 6.07) is 5.62. The van der Waals surface area contributed by atoms with Gasteiger partial charge in [-0.2, -0.15) is 0 Å². The Morgan fingerprint density at radius 2 is 1.78 bits per heavy atom. The van der Waals surface area contributed by atoms with Crippen molar-refractivity contribution in [2.75, 3.05) is 14.2 Å². The number of thiophene rings is 1. The van der Waals surface area contributed by atoms with Gasteiger partial charge < -0.3 is 9.47 Å². The zero-order chi connectivity index (χ0) is 17.0. The third-order valence-electron chi connectivity index (χ3n) is 3.94. The van der Waals surface area contributed by atoms with E-state index in [9.17, 15) is 9.59 Å². The Kier molecular flexibility index (Phi) is 5.77. The van der Waals surface area contributed by atoms with E-state index in [4.69, 9.17) is 9.47 Å². The van der Waals surface area contributed by atoms with Gasteiger partial charge in [0.1, 0.15) is 5.78 Å². The lowest BCUT2D eigenvalue weighted by atomic mass is 9.93. The van der Waals surface area contributed by atoms with Gasteiger partial charge in [0.25, 0.3) is 0 Å². The lowest BCUT2D eigenvalue weighted by molar-refractivity contribution is -0.120. The number of hydrogen-bond donors (Lipinski definition) is 0. The zero-order valence-electron chi connectivity index (χ0n) is 14.0. The molecule has 1 aromatic carbocycles. The Balaban J connectivity index is 2.29. The number of carbonyl (C=O) groups excluding carboxylic acids is 2. The molecule has 0 bridgehead atoms. The van der Waals surface area contributed by atoms with Crippen molar-refractivity contribution in [2.24, 2.45) is 5.92 Å². The molecule has 0 saturated carbocycles. The standard InChI is InChI=1S/C18H22O4S/c1-5-6-12(11(2)19)7-14(20)18-9-13-8-15(21-3)16(22-4)10-17(13)23-18/h8-10,12H,5-7H2,1-4H3. The number of ketones is 2. The van der Waals surface area contributed by atoms with Gasteiger partial charge >= 0.3 is 0 Å². The maximum absolute atomic E-state index is 12.5. The molecule has 2 rings (SSSR count). The van der Waals surface area contributed by atoms with Gasteiger partial charge in [0.05, 0.1) is 19.1 Å². The fraction of sp³-hybridized carbons (Fsp3) is 0.444. The fourth-order valence-electron chi connectivity index (χ4n) is 2.63. The summed E-state index contributed by atoms with van der Waals surface area (Å²) in [5, 5.41) is 0.950. The van der Waals surface area contributed by atoms with Crippen LogP contribution in [0.15, 0.2) is 18.2 Å². The van der Waals surface area contributed by atoms with Crippen LogP contribution in [-0.4, -0.2) is 25.8 Å². The van der Waals surface area contributed by atoms with Crippen molar-refractivity contribution in [3.8, 4) is 11.5 Å². The minimum atomic E-state index is -0.179. The lowest BCUT2D eigenvalue weighted by Crippen LogP contribution is -2.15. The first-order chi connectivity index (χ1) is 11.0. The van der Waals surface area contributed by atoms with Crippen molar-refractivity contribution in [1.82, 2.24) is 0 Å². The lowest BCUT2D eigenvalue weighted by Gasteiger charge is -2.10. The van der Waals surface area contributed by atoms with Crippen LogP contribution in [0.2, 0.25) is 0 Å². The molecule has 1 heterocycles. The molecule has 0 aliphatic carbocycles. The Bertz CT molecular complexity index is 676. The molecule has 0 amide bonds. The summed E-state index contributed by atoms with van der Waals surface area (Å²) in [7, 11) is 3.18. The Morgan fingerprint density at radius 1 is 1.13 bits per heavy atom. The van der Waals surface area contributed by atoms with Gasteiger partial charge in [-0.1, -0.05) is 13.3 Å². The summed E-state index contributed by atoms with van der Waals surface area (Å²) in [4.78, 5) is 24.8. The van der Waals surface area contributed by atoms with Crippen molar-refractivity contribution in [2.45, 2.75) is 33.1 Å². The molecule has 1 aromatic heterocycles. The van der Waals surface area contributed by atoms with Gasteiger partial charge in [-0.25, -0.2) is 0 Å². The maximum atomic E-state index is 12.5. The van der Waals surface area contributed by atoms with Crippen LogP contribution < -0.4 is 9.47 Å². The van der Waals surface area contributed by atoms with Crippen molar-refractivity contribution in [3.63, 3.8) is 0 Å². The van der Waals surface area contributed by atoms with Gasteiger partial charge in [-0.05, 0) is 30.9 Å². The summed E-state index contributed by atoms with van der Waals surface area (Å²) in [5.74, 6) is 1.22. The number of benzene rings is 1. The monoisotopic (exact) mass is 334 g/mol. The fourth-order valence-corrected chi connectivity index (χ4v) is 3.65. The molecule has 1 atom stereocenters. The van der Waals surface area contributed by atoms with Crippen LogP contribution in [0, 0.1) is 5.92 Å². The quantitative estimate of drug-likeness (QED) is 0.667. The van der Waals surface area contributed by atoms with Gasteiger partial charge in [-0.15, -0.1) is 11.3 Å². The second kappa shape index (κ2) is 7.59. The van der Waals surface area contributed by atoms with E-state index < -0.39 is 0 Å². The van der Waals surface area contributed by atoms with Gasteiger partial charge in [-0.3, -0.25) is 9.59 Å². The van der Waals surface area contributed by atoms with Crippen LogP contribution in [-0.2, 0) is 4.79 Å². The topological polar surface area (TPSA) is 52.6 Å². The zero-order valence-corrected chi connectivity index (χ0v) is 14.8. The molecule has 1 unspecified atom stereocenters. The average Bonchev–Trinajstić information content (AvgIpc) is 2.95. The first-order valence-electron chi connectivity index (χ1n) is 7.69. The average molecular weight is 334 g/mol. The number of fused-ring (bicyclic) bond motifs is 1. The summed E-state index contributed by atoms with van der Waals surface area (Å²) in [6.45, 7) is 3.59. The minimum Gasteiger partial charge on any atom is -0.493 e. The molecule has 0 radical (unpaired) electrons. The van der Waals surface area contributed by atoms with Crippen LogP contribution in [0.5, 0.6) is 11.5 Å². The predicted molar refractivity (Wildman–Crippen MR) is 93.0 cm³/mol. The van der Waals surface area contributed by atoms with Crippen LogP contribution in [0.1, 0.15) is 42.8 Å². The highest BCUT2D eigenvalue weighted by molar-refractivity contribution is 7.20. The van der Waals surface area contributed by atoms with Gasteiger partial charge in [0, 0.05) is 23.1 Å². The third-order valence-corrected chi connectivity index (χ3v) is 5.08. The van der Waals surface area contributed by atoms with E-state index in [2.05, 4.69) is 0 Å². The van der Waals surface area contributed by atoms with Crippen LogP contribution in [0.3, 0.4) is 0 Å². The molecule has 0 saturated heterocycles. The number of hydrogen-bond acceptors (Lipinski definition) is 5. The summed E-state index contributed by atoms with van der Waals surface area (Å²) in [5.41, 5.74) is 0. The molecule has 124 valence electrons. The molecule has 0 fully saturated rings. The molecular weight excluding hydrogens is 312 g/mol. The number of methoxy groups -OCH3 is 2. The first kappa shape index (κ1) is 17.5. The van der Waals surface area contributed by atoms with E-state index in [-0.39, 0.29) is 23.9 Å². The predicted octanol–water partition coefficient (Wildman–Crippen LogP) is 4.50. The molecule has 0 N–H and O–H groups in total. The molecule has 5 heteroatoms. The molecule has 0 spiro atoms. The molecule has 0 aliphatic rings. The molecule has 0 aliphatic heterocycles. The van der Waals surface area contributed by atoms with Gasteiger partial charge in [0.2, 0.25) is 0 Å². The highest BCUT2D eigenvalue weighted by atomic mass is 32.1. The van der Waals surface area contributed by atoms with Gasteiger partial charge in [0.15, 0.2) is 17.3 Å². The Labute approximate surface area is 140 Å². The van der Waals surface area contributed by atoms with E-state index in [1.165, 1.54) is 11.3 Å². The van der Waals surface area contributed by atoms with Crippen molar-refractivity contribution < 1.29 is 19.1 Å². The normalized spacial score (nSPS) is 12.2. The van der Waals surface area contributed by atoms with Crippen LogP contribution in [0.4, 0.5) is 0 Å². The first-order valence-corrected chi connectivity index (χ1v) is 8.51. The number of carbonyl (C=O) groups is 2. The van der Waals surface area contributed by atoms with E-state index >= 15 is 0 Å².